The third-order valence-corrected chi connectivity index (χ3v) is 6.92. The van der Waals surface area contributed by atoms with Crippen molar-refractivity contribution >= 4 is 69.7 Å². The Balaban J connectivity index is 1.23. The smallest absolute Gasteiger partial charge is 0.240 e. The maximum atomic E-state index is 12.2. The highest BCUT2D eigenvalue weighted by molar-refractivity contribution is 6.30. The van der Waals surface area contributed by atoms with Crippen LogP contribution in [0.2, 0.25) is 10.0 Å². The number of furan rings is 1. The molecule has 1 unspecified atom stereocenters. The summed E-state index contributed by atoms with van der Waals surface area (Å²) in [5.41, 5.74) is 3.98. The summed E-state index contributed by atoms with van der Waals surface area (Å²) >= 11 is 12.1. The molecule has 0 saturated carbocycles. The fourth-order valence-electron chi connectivity index (χ4n) is 4.42. The van der Waals surface area contributed by atoms with Crippen LogP contribution >= 0.6 is 23.2 Å². The Hall–Kier alpha value is -4.93. The molecule has 210 valence electrons. The molecule has 6 rings (SSSR count). The minimum Gasteiger partial charge on any atom is -0.467 e. The van der Waals surface area contributed by atoms with Crippen molar-refractivity contribution in [1.82, 2.24) is 20.0 Å². The van der Waals surface area contributed by atoms with Gasteiger partial charge in [-0.05, 0) is 78.4 Å². The van der Waals surface area contributed by atoms with Crippen molar-refractivity contribution in [1.29, 1.82) is 0 Å². The first-order chi connectivity index (χ1) is 20.4. The van der Waals surface area contributed by atoms with Gasteiger partial charge in [0, 0.05) is 40.5 Å². The van der Waals surface area contributed by atoms with E-state index in [0.717, 1.165) is 28.3 Å². The Morgan fingerprint density at radius 1 is 0.762 bits per heavy atom. The van der Waals surface area contributed by atoms with Crippen molar-refractivity contribution in [2.45, 2.75) is 19.4 Å². The van der Waals surface area contributed by atoms with Crippen LogP contribution in [0.4, 0.5) is 34.9 Å². The Morgan fingerprint density at radius 2 is 1.24 bits per heavy atom. The van der Waals surface area contributed by atoms with E-state index in [-0.39, 0.29) is 11.9 Å². The molecule has 5 aromatic rings. The van der Waals surface area contributed by atoms with Gasteiger partial charge in [-0.3, -0.25) is 4.79 Å². The Bertz CT molecular complexity index is 1660. The third-order valence-electron chi connectivity index (χ3n) is 6.42. The fourth-order valence-corrected chi connectivity index (χ4v) is 4.67. The van der Waals surface area contributed by atoms with E-state index in [4.69, 9.17) is 27.6 Å². The molecule has 1 aliphatic heterocycles. The lowest BCUT2D eigenvalue weighted by Crippen LogP contribution is -2.23. The van der Waals surface area contributed by atoms with Gasteiger partial charge >= 0.3 is 0 Å². The quantitative estimate of drug-likeness (QED) is 0.166. The lowest BCUT2D eigenvalue weighted by Gasteiger charge is -2.17. The van der Waals surface area contributed by atoms with Crippen molar-refractivity contribution in [3.8, 4) is 0 Å². The maximum Gasteiger partial charge on any atom is 0.240 e. The van der Waals surface area contributed by atoms with Gasteiger partial charge < -0.3 is 20.4 Å². The third kappa shape index (κ3) is 6.35. The molecule has 3 aromatic carbocycles. The molecule has 0 fully saturated rings. The molecule has 10 nitrogen and oxygen atoms in total. The SMILES string of the molecule is CC(=O)N1N=C(c2ccc(Nc3nc(Nc4ccc(Cl)cc4)nc(Nc4ccc(Cl)cc4)n3)cc2)CC1c1ccco1. The predicted octanol–water partition coefficient (Wildman–Crippen LogP) is 7.70. The molecule has 0 saturated heterocycles. The van der Waals surface area contributed by atoms with Crippen LogP contribution < -0.4 is 16.0 Å². The van der Waals surface area contributed by atoms with E-state index in [9.17, 15) is 4.79 Å². The van der Waals surface area contributed by atoms with Crippen LogP contribution in [-0.4, -0.2) is 31.6 Å². The highest BCUT2D eigenvalue weighted by Gasteiger charge is 2.33. The van der Waals surface area contributed by atoms with Crippen molar-refractivity contribution in [3.63, 3.8) is 0 Å². The minimum absolute atomic E-state index is 0.148. The van der Waals surface area contributed by atoms with Crippen molar-refractivity contribution in [2.24, 2.45) is 5.10 Å². The van der Waals surface area contributed by atoms with Crippen LogP contribution in [0.5, 0.6) is 0 Å². The molecule has 0 radical (unpaired) electrons. The molecule has 42 heavy (non-hydrogen) atoms. The number of rotatable bonds is 8. The average molecular weight is 599 g/mol. The van der Waals surface area contributed by atoms with Gasteiger partial charge in [-0.25, -0.2) is 5.01 Å². The van der Waals surface area contributed by atoms with Crippen LogP contribution in [-0.2, 0) is 4.79 Å². The Labute approximate surface area is 251 Å². The molecule has 3 N–H and O–H groups in total. The van der Waals surface area contributed by atoms with E-state index in [0.29, 0.717) is 40.1 Å². The molecule has 0 spiro atoms. The summed E-state index contributed by atoms with van der Waals surface area (Å²) in [7, 11) is 0. The van der Waals surface area contributed by atoms with Crippen molar-refractivity contribution in [2.75, 3.05) is 16.0 Å². The summed E-state index contributed by atoms with van der Waals surface area (Å²) < 4.78 is 5.55. The minimum atomic E-state index is -0.270. The lowest BCUT2D eigenvalue weighted by atomic mass is 10.0. The summed E-state index contributed by atoms with van der Waals surface area (Å²) in [5, 5.41) is 16.9. The molecular formula is C30H24Cl2N8O2. The molecule has 3 heterocycles. The monoisotopic (exact) mass is 598 g/mol. The first-order valence-corrected chi connectivity index (χ1v) is 13.7. The molecule has 0 bridgehead atoms. The molecule has 12 heteroatoms. The number of hydrogen-bond acceptors (Lipinski definition) is 9. The number of aromatic nitrogens is 3. The molecular weight excluding hydrogens is 575 g/mol. The zero-order chi connectivity index (χ0) is 29.1. The topological polar surface area (TPSA) is 121 Å². The molecule has 1 amide bonds. The molecule has 2 aromatic heterocycles. The first-order valence-electron chi connectivity index (χ1n) is 13.0. The zero-order valence-electron chi connectivity index (χ0n) is 22.3. The van der Waals surface area contributed by atoms with Gasteiger partial charge in [-0.1, -0.05) is 35.3 Å². The number of hydrazone groups is 1. The predicted molar refractivity (Wildman–Crippen MR) is 164 cm³/mol. The number of halogens is 2. The summed E-state index contributed by atoms with van der Waals surface area (Å²) in [6, 6.07) is 25.5. The fraction of sp³-hybridized carbons (Fsp3) is 0.100. The average Bonchev–Trinajstić information content (AvgIpc) is 3.67. The number of carbonyl (C=O) groups is 1. The summed E-state index contributed by atoms with van der Waals surface area (Å²) in [4.78, 5) is 25.9. The van der Waals surface area contributed by atoms with Crippen LogP contribution in [0.1, 0.15) is 30.7 Å². The zero-order valence-corrected chi connectivity index (χ0v) is 23.8. The van der Waals surface area contributed by atoms with Gasteiger partial charge in [0.1, 0.15) is 11.8 Å². The Kier molecular flexibility index (Phi) is 7.72. The summed E-state index contributed by atoms with van der Waals surface area (Å²) in [6.07, 6.45) is 2.15. The number of anilines is 6. The van der Waals surface area contributed by atoms with Gasteiger partial charge in [0.2, 0.25) is 23.8 Å². The van der Waals surface area contributed by atoms with Gasteiger partial charge in [0.25, 0.3) is 0 Å². The number of hydrogen-bond donors (Lipinski definition) is 3. The largest absolute Gasteiger partial charge is 0.467 e. The number of benzene rings is 3. The van der Waals surface area contributed by atoms with Gasteiger partial charge in [-0.2, -0.15) is 20.1 Å². The maximum absolute atomic E-state index is 12.2. The summed E-state index contributed by atoms with van der Waals surface area (Å²) in [6.45, 7) is 1.50. The normalized spacial score (nSPS) is 14.4. The number of amides is 1. The Morgan fingerprint density at radius 3 is 1.67 bits per heavy atom. The van der Waals surface area contributed by atoms with E-state index in [1.165, 1.54) is 11.9 Å². The molecule has 0 aliphatic carbocycles. The highest BCUT2D eigenvalue weighted by atomic mass is 35.5. The second-order valence-electron chi connectivity index (χ2n) is 9.42. The standard InChI is InChI=1S/C30H24Cl2N8O2/c1-18(41)40-26(27-3-2-16-42-27)17-25(39-40)19-4-10-22(11-5-19)33-28-36-29(34-23-12-6-20(31)7-13-23)38-30(37-28)35-24-14-8-21(32)9-15-24/h2-16,26H,17H2,1H3,(H3,33,34,35,36,37,38). The van der Waals surface area contributed by atoms with Crippen molar-refractivity contribution in [3.05, 3.63) is 113 Å². The van der Waals surface area contributed by atoms with Gasteiger partial charge in [0.05, 0.1) is 12.0 Å². The van der Waals surface area contributed by atoms with E-state index >= 15 is 0 Å². The van der Waals surface area contributed by atoms with Crippen LogP contribution in [0.25, 0.3) is 0 Å². The second kappa shape index (κ2) is 11.9. The molecule has 1 atom stereocenters. The van der Waals surface area contributed by atoms with E-state index in [1.54, 1.807) is 36.6 Å². The van der Waals surface area contributed by atoms with Crippen molar-refractivity contribution < 1.29 is 9.21 Å². The van der Waals surface area contributed by atoms with E-state index in [1.807, 2.05) is 54.6 Å². The number of nitrogens with one attached hydrogen (secondary N) is 3. The number of carbonyl (C=O) groups excluding carboxylic acids is 1. The van der Waals surface area contributed by atoms with E-state index < -0.39 is 0 Å². The van der Waals surface area contributed by atoms with Crippen LogP contribution in [0.3, 0.4) is 0 Å². The van der Waals surface area contributed by atoms with E-state index in [2.05, 4.69) is 36.0 Å². The first kappa shape index (κ1) is 27.3. The molecule has 1 aliphatic rings. The lowest BCUT2D eigenvalue weighted by molar-refractivity contribution is -0.130. The van der Waals surface area contributed by atoms with Gasteiger partial charge in [0.15, 0.2) is 0 Å². The highest BCUT2D eigenvalue weighted by Crippen LogP contribution is 2.33. The second-order valence-corrected chi connectivity index (χ2v) is 10.3. The number of nitrogens with zero attached hydrogens (tertiary/aromatic N) is 5. The van der Waals surface area contributed by atoms with Crippen LogP contribution in [0.15, 0.2) is 101 Å². The van der Waals surface area contributed by atoms with Gasteiger partial charge in [-0.15, -0.1) is 0 Å². The summed E-state index contributed by atoms with van der Waals surface area (Å²) in [5.74, 6) is 1.53. The van der Waals surface area contributed by atoms with Crippen LogP contribution in [0, 0.1) is 0 Å².